The molecule has 190 valence electrons. The quantitative estimate of drug-likeness (QED) is 0.108. The molecule has 0 saturated heterocycles. The van der Waals surface area contributed by atoms with Crippen molar-refractivity contribution in [3.63, 3.8) is 0 Å². The fourth-order valence-corrected chi connectivity index (χ4v) is 5.72. The van der Waals surface area contributed by atoms with Gasteiger partial charge in [0.05, 0.1) is 11.1 Å². The number of carbonyl (C=O) groups is 2. The number of carboxylic acids is 1. The van der Waals surface area contributed by atoms with Crippen LogP contribution < -0.4 is 4.74 Å². The summed E-state index contributed by atoms with van der Waals surface area (Å²) in [5.74, 6) is -1.19. The van der Waals surface area contributed by atoms with Crippen molar-refractivity contribution in [2.75, 3.05) is 0 Å². The Balaban J connectivity index is 1.61. The number of benzene rings is 5. The van der Waals surface area contributed by atoms with Gasteiger partial charge in [0.1, 0.15) is 11.5 Å². The first-order chi connectivity index (χ1) is 19.5. The van der Waals surface area contributed by atoms with E-state index in [1.54, 1.807) is 72.8 Å². The molecule has 0 amide bonds. The number of fused-ring (bicyclic) bond motifs is 10. The van der Waals surface area contributed by atoms with Crippen LogP contribution in [0, 0.1) is 0 Å². The molecule has 5 aromatic carbocycles. The molecule has 0 unspecified atom stereocenters. The van der Waals surface area contributed by atoms with Crippen molar-refractivity contribution in [2.24, 2.45) is 10.2 Å². The predicted octanol–water partition coefficient (Wildman–Crippen LogP) is 8.14. The first kappa shape index (κ1) is 23.1. The molecular weight excluding hydrogens is 512 g/mol. The highest BCUT2D eigenvalue weighted by Crippen LogP contribution is 2.59. The minimum absolute atomic E-state index is 0.0218. The number of aromatic carboxylic acids is 1. The van der Waals surface area contributed by atoms with Crippen molar-refractivity contribution < 1.29 is 24.2 Å². The summed E-state index contributed by atoms with van der Waals surface area (Å²) in [5.41, 5.74) is 18.3. The van der Waals surface area contributed by atoms with Crippen LogP contribution in [0.5, 0.6) is 11.5 Å². The Morgan fingerprint density at radius 2 is 1.35 bits per heavy atom. The second-order valence-electron chi connectivity index (χ2n) is 9.28. The molecule has 0 bridgehead atoms. The predicted molar refractivity (Wildman–Crippen MR) is 144 cm³/mol. The Hall–Kier alpha value is -6.02. The van der Waals surface area contributed by atoms with Crippen LogP contribution in [0.2, 0.25) is 0 Å². The summed E-state index contributed by atoms with van der Waals surface area (Å²) in [6.07, 6.45) is 0. The Kier molecular flexibility index (Phi) is 4.76. The average Bonchev–Trinajstić information content (AvgIpc) is 3.25. The third kappa shape index (κ3) is 3.01. The summed E-state index contributed by atoms with van der Waals surface area (Å²) in [6.45, 7) is 0. The molecule has 7 rings (SSSR count). The molecular formula is C29H14N6O5. The van der Waals surface area contributed by atoms with Gasteiger partial charge in [0.25, 0.3) is 0 Å². The molecule has 0 aromatic heterocycles. The van der Waals surface area contributed by atoms with Crippen LogP contribution in [0.3, 0.4) is 0 Å². The summed E-state index contributed by atoms with van der Waals surface area (Å²) in [7, 11) is 0. The van der Waals surface area contributed by atoms with Crippen LogP contribution in [-0.2, 0) is 10.3 Å². The first-order valence-electron chi connectivity index (χ1n) is 12.0. The van der Waals surface area contributed by atoms with Gasteiger partial charge in [-0.25, -0.2) is 9.59 Å². The van der Waals surface area contributed by atoms with E-state index < -0.39 is 17.5 Å². The van der Waals surface area contributed by atoms with Crippen molar-refractivity contribution in [1.29, 1.82) is 0 Å². The zero-order valence-corrected chi connectivity index (χ0v) is 20.3. The van der Waals surface area contributed by atoms with Crippen LogP contribution >= 0.6 is 0 Å². The molecule has 40 heavy (non-hydrogen) atoms. The summed E-state index contributed by atoms with van der Waals surface area (Å²) in [5, 5.41) is 20.0. The van der Waals surface area contributed by atoms with E-state index in [9.17, 15) is 14.7 Å². The molecule has 11 heteroatoms. The minimum atomic E-state index is -1.50. The van der Waals surface area contributed by atoms with Crippen LogP contribution in [0.4, 0.5) is 11.4 Å². The molecule has 0 radical (unpaired) electrons. The normalized spacial score (nSPS) is 16.2. The van der Waals surface area contributed by atoms with Crippen molar-refractivity contribution in [3.8, 4) is 11.5 Å². The van der Waals surface area contributed by atoms with Crippen molar-refractivity contribution in [1.82, 2.24) is 0 Å². The van der Waals surface area contributed by atoms with Gasteiger partial charge < -0.3 is 14.6 Å². The monoisotopic (exact) mass is 526 g/mol. The van der Waals surface area contributed by atoms with E-state index in [1.165, 1.54) is 6.07 Å². The van der Waals surface area contributed by atoms with Crippen LogP contribution in [-0.4, -0.2) is 17.0 Å². The summed E-state index contributed by atoms with van der Waals surface area (Å²) in [6, 6.07) is 22.0. The van der Waals surface area contributed by atoms with E-state index in [2.05, 4.69) is 20.1 Å². The van der Waals surface area contributed by atoms with E-state index in [0.717, 1.165) is 10.8 Å². The number of hydrogen-bond acceptors (Lipinski definition) is 6. The standard InChI is InChI=1S/C29H14N6O5/c30-34-32-16-6-8-18-14(12-16)4-10-22-25(18)39-26-19-9-7-17(33-35-31)13-15(19)5-11-23(26)29(22)21-3-1-2-20(27(36)37)24(21)28(38)40-29/h1-13H,(H,36,37). The highest BCUT2D eigenvalue weighted by atomic mass is 16.6. The Labute approximate surface area is 224 Å². The van der Waals surface area contributed by atoms with Gasteiger partial charge in [0.15, 0.2) is 5.60 Å². The lowest BCUT2D eigenvalue weighted by Gasteiger charge is -2.37. The molecule has 5 aromatic rings. The molecule has 2 aliphatic rings. The van der Waals surface area contributed by atoms with Crippen molar-refractivity contribution >= 4 is 44.9 Å². The Morgan fingerprint density at radius 1 is 0.775 bits per heavy atom. The molecule has 11 nitrogen and oxygen atoms in total. The fraction of sp³-hybridized carbons (Fsp3) is 0.0345. The molecule has 0 aliphatic carbocycles. The number of carboxylic acid groups (broad SMARTS) is 1. The summed E-state index contributed by atoms with van der Waals surface area (Å²) in [4.78, 5) is 31.2. The average molecular weight is 526 g/mol. The largest absolute Gasteiger partial charge is 0.478 e. The lowest BCUT2D eigenvalue weighted by atomic mass is 9.75. The Morgan fingerprint density at radius 3 is 1.88 bits per heavy atom. The van der Waals surface area contributed by atoms with Gasteiger partial charge in [-0.2, -0.15) is 0 Å². The number of hydrogen-bond donors (Lipinski definition) is 1. The maximum Gasteiger partial charge on any atom is 0.341 e. The second-order valence-corrected chi connectivity index (χ2v) is 9.28. The second kappa shape index (κ2) is 8.24. The van der Waals surface area contributed by atoms with Gasteiger partial charge in [-0.15, -0.1) is 0 Å². The maximum atomic E-state index is 13.4. The highest BCUT2D eigenvalue weighted by Gasteiger charge is 2.55. The SMILES string of the molecule is [N-]=[N+]=Nc1ccc2c3c(ccc2c1)C1(OC(=O)c2c(C(=O)O)cccc21)c1ccc2cc(N=[N+]=[N-])ccc2c1O3. The summed E-state index contributed by atoms with van der Waals surface area (Å²) >= 11 is 0. The molecule has 2 heterocycles. The third-order valence-electron chi connectivity index (χ3n) is 7.32. The van der Waals surface area contributed by atoms with E-state index in [4.69, 9.17) is 20.5 Å². The van der Waals surface area contributed by atoms with Gasteiger partial charge in [0, 0.05) is 48.7 Å². The number of carbonyl (C=O) groups excluding carboxylic acids is 1. The van der Waals surface area contributed by atoms with Gasteiger partial charge in [-0.1, -0.05) is 58.8 Å². The molecule has 0 saturated carbocycles. The smallest absolute Gasteiger partial charge is 0.341 e. The van der Waals surface area contributed by atoms with Crippen LogP contribution in [0.1, 0.15) is 37.4 Å². The number of rotatable bonds is 3. The fourth-order valence-electron chi connectivity index (χ4n) is 5.72. The zero-order valence-electron chi connectivity index (χ0n) is 20.3. The minimum Gasteiger partial charge on any atom is -0.478 e. The lowest BCUT2D eigenvalue weighted by Crippen LogP contribution is -2.33. The lowest BCUT2D eigenvalue weighted by molar-refractivity contribution is 0.0224. The molecule has 0 fully saturated rings. The summed E-state index contributed by atoms with van der Waals surface area (Å²) < 4.78 is 12.8. The van der Waals surface area contributed by atoms with Crippen molar-refractivity contribution in [3.05, 3.63) is 128 Å². The number of azide groups is 2. The third-order valence-corrected chi connectivity index (χ3v) is 7.32. The van der Waals surface area contributed by atoms with E-state index >= 15 is 0 Å². The van der Waals surface area contributed by atoms with E-state index in [-0.39, 0.29) is 11.1 Å². The molecule has 2 aliphatic heterocycles. The van der Waals surface area contributed by atoms with E-state index in [1.807, 2.05) is 0 Å². The van der Waals surface area contributed by atoms with Gasteiger partial charge in [0.2, 0.25) is 0 Å². The van der Waals surface area contributed by atoms with Crippen LogP contribution in [0.25, 0.3) is 42.4 Å². The number of esters is 1. The molecule has 1 N–H and O–H groups in total. The zero-order chi connectivity index (χ0) is 27.6. The molecule has 0 atom stereocenters. The Bertz CT molecular complexity index is 1990. The van der Waals surface area contributed by atoms with Gasteiger partial charge in [-0.3, -0.25) is 0 Å². The van der Waals surface area contributed by atoms with Gasteiger partial charge in [-0.05, 0) is 52.2 Å². The number of nitrogens with zero attached hydrogens (tertiary/aromatic N) is 6. The van der Waals surface area contributed by atoms with E-state index in [0.29, 0.717) is 50.3 Å². The maximum absolute atomic E-state index is 13.4. The topological polar surface area (TPSA) is 170 Å². The van der Waals surface area contributed by atoms with Crippen molar-refractivity contribution in [2.45, 2.75) is 5.60 Å². The van der Waals surface area contributed by atoms with Crippen LogP contribution in [0.15, 0.2) is 89.1 Å². The first-order valence-corrected chi connectivity index (χ1v) is 12.0. The van der Waals surface area contributed by atoms with Gasteiger partial charge >= 0.3 is 11.9 Å². The molecule has 1 spiro atoms. The highest BCUT2D eigenvalue weighted by molar-refractivity contribution is 6.08. The number of ether oxygens (including phenoxy) is 2.